The topological polar surface area (TPSA) is 96.6 Å². The van der Waals surface area contributed by atoms with Crippen molar-refractivity contribution >= 4 is 39.8 Å². The van der Waals surface area contributed by atoms with Crippen molar-refractivity contribution in [2.24, 2.45) is 10.1 Å². The molecule has 0 radical (unpaired) electrons. The lowest BCUT2D eigenvalue weighted by Gasteiger charge is -2.20. The van der Waals surface area contributed by atoms with Gasteiger partial charge in [-0.1, -0.05) is 26.0 Å². The molecule has 0 bridgehead atoms. The number of benzene rings is 2. The average Bonchev–Trinajstić information content (AvgIpc) is 3.28. The molecule has 0 aromatic heterocycles. The Hall–Kier alpha value is -3.59. The first-order valence-electron chi connectivity index (χ1n) is 12.0. The fourth-order valence-corrected chi connectivity index (χ4v) is 4.59. The first kappa shape index (κ1) is 25.5. The van der Waals surface area contributed by atoms with Gasteiger partial charge in [0.25, 0.3) is 5.91 Å². The van der Waals surface area contributed by atoms with E-state index in [4.69, 9.17) is 19.6 Å². The Labute approximate surface area is 215 Å². The molecule has 0 spiro atoms. The second-order valence-corrected chi connectivity index (χ2v) is 9.25. The molecule has 2 aromatic carbocycles. The first-order chi connectivity index (χ1) is 17.4. The number of hydrogen-bond acceptors (Lipinski definition) is 7. The number of nitrogens with zero attached hydrogens (tertiary/aromatic N) is 3. The van der Waals surface area contributed by atoms with Gasteiger partial charge in [0.1, 0.15) is 24.0 Å². The predicted octanol–water partition coefficient (Wildman–Crippen LogP) is 5.44. The SMILES string of the molecule is CCOc1cc(/C=C2\C(=N)N3N=C(CC)SC3=NC2=O)ccc1OCCOc1cc(C)cc(CC)c1. The van der Waals surface area contributed by atoms with Gasteiger partial charge in [-0.3, -0.25) is 10.2 Å². The number of aryl methyl sites for hydroxylation is 2. The van der Waals surface area contributed by atoms with Crippen LogP contribution in [0.4, 0.5) is 0 Å². The molecular weight excluding hydrogens is 476 g/mol. The lowest BCUT2D eigenvalue weighted by molar-refractivity contribution is -0.114. The predicted molar refractivity (Wildman–Crippen MR) is 144 cm³/mol. The van der Waals surface area contributed by atoms with Crippen LogP contribution in [-0.2, 0) is 11.2 Å². The summed E-state index contributed by atoms with van der Waals surface area (Å²) in [5.41, 5.74) is 3.28. The average molecular weight is 507 g/mol. The van der Waals surface area contributed by atoms with Crippen molar-refractivity contribution in [3.63, 3.8) is 0 Å². The molecule has 36 heavy (non-hydrogen) atoms. The Morgan fingerprint density at radius 2 is 1.81 bits per heavy atom. The summed E-state index contributed by atoms with van der Waals surface area (Å²) in [5.74, 6) is 1.53. The number of nitrogens with one attached hydrogen (secondary N) is 1. The standard InChI is InChI=1S/C27H30N4O4S/c1-5-18-12-17(4)13-20(14-18)34-10-11-35-22-9-8-19(16-23(22)33-7-3)15-21-25(28)31-27(29-26(21)32)36-24(6-2)30-31/h8-9,12-16,28H,5-7,10-11H2,1-4H3/b21-15+,28-25?. The van der Waals surface area contributed by atoms with Crippen LogP contribution in [0.15, 0.2) is 52.1 Å². The number of carbonyl (C=O) groups excluding carboxylic acids is 1. The molecule has 2 heterocycles. The molecule has 0 fully saturated rings. The van der Waals surface area contributed by atoms with Crippen molar-refractivity contribution in [3.05, 3.63) is 58.7 Å². The fraction of sp³-hybridized carbons (Fsp3) is 0.333. The molecule has 9 heteroatoms. The molecule has 0 aliphatic carbocycles. The molecule has 0 saturated heterocycles. The Kier molecular flexibility index (Phi) is 8.10. The van der Waals surface area contributed by atoms with Gasteiger partial charge in [-0.25, -0.2) is 0 Å². The summed E-state index contributed by atoms with van der Waals surface area (Å²) in [4.78, 5) is 16.7. The number of hydrazone groups is 1. The third kappa shape index (κ3) is 5.79. The van der Waals surface area contributed by atoms with Crippen LogP contribution in [0, 0.1) is 12.3 Å². The highest BCUT2D eigenvalue weighted by atomic mass is 32.2. The van der Waals surface area contributed by atoms with Gasteiger partial charge >= 0.3 is 0 Å². The monoisotopic (exact) mass is 506 g/mol. The number of fused-ring (bicyclic) bond motifs is 1. The summed E-state index contributed by atoms with van der Waals surface area (Å²) in [6.45, 7) is 9.24. The minimum absolute atomic E-state index is 0.0127. The van der Waals surface area contributed by atoms with Gasteiger partial charge < -0.3 is 14.2 Å². The molecular formula is C27H30N4O4S. The second-order valence-electron chi connectivity index (χ2n) is 8.21. The largest absolute Gasteiger partial charge is 0.490 e. The first-order valence-corrected chi connectivity index (χ1v) is 12.9. The maximum Gasteiger partial charge on any atom is 0.283 e. The summed E-state index contributed by atoms with van der Waals surface area (Å²) >= 11 is 1.32. The molecule has 0 atom stereocenters. The third-order valence-electron chi connectivity index (χ3n) is 5.51. The van der Waals surface area contributed by atoms with E-state index in [0.29, 0.717) is 42.1 Å². The maximum absolute atomic E-state index is 12.6. The Morgan fingerprint density at radius 1 is 1.00 bits per heavy atom. The van der Waals surface area contributed by atoms with E-state index in [1.807, 2.05) is 32.0 Å². The van der Waals surface area contributed by atoms with Crippen LogP contribution < -0.4 is 14.2 Å². The van der Waals surface area contributed by atoms with Crippen molar-refractivity contribution in [1.82, 2.24) is 5.01 Å². The van der Waals surface area contributed by atoms with E-state index in [9.17, 15) is 4.79 Å². The van der Waals surface area contributed by atoms with Crippen molar-refractivity contribution in [2.45, 2.75) is 40.5 Å². The Balaban J connectivity index is 1.45. The molecule has 1 N–H and O–H groups in total. The Bertz CT molecular complexity index is 1270. The Morgan fingerprint density at radius 3 is 2.56 bits per heavy atom. The summed E-state index contributed by atoms with van der Waals surface area (Å²) in [6, 6.07) is 11.6. The number of thioether (sulfide) groups is 1. The van der Waals surface area contributed by atoms with Crippen molar-refractivity contribution < 1.29 is 19.0 Å². The van der Waals surface area contributed by atoms with Crippen LogP contribution in [0.3, 0.4) is 0 Å². The van der Waals surface area contributed by atoms with E-state index in [1.54, 1.807) is 18.2 Å². The van der Waals surface area contributed by atoms with Crippen LogP contribution in [0.1, 0.15) is 43.9 Å². The van der Waals surface area contributed by atoms with Crippen LogP contribution >= 0.6 is 11.8 Å². The minimum Gasteiger partial charge on any atom is -0.490 e. The van der Waals surface area contributed by atoms with E-state index < -0.39 is 5.91 Å². The van der Waals surface area contributed by atoms with Crippen LogP contribution in [0.2, 0.25) is 0 Å². The van der Waals surface area contributed by atoms with Crippen molar-refractivity contribution in [3.8, 4) is 17.2 Å². The number of aliphatic imine (C=N–C) groups is 1. The van der Waals surface area contributed by atoms with E-state index in [0.717, 1.165) is 23.6 Å². The van der Waals surface area contributed by atoms with E-state index in [2.05, 4.69) is 30.0 Å². The number of rotatable bonds is 10. The minimum atomic E-state index is -0.455. The van der Waals surface area contributed by atoms with Gasteiger partial charge in [0.2, 0.25) is 5.17 Å². The highest BCUT2D eigenvalue weighted by molar-refractivity contribution is 8.26. The van der Waals surface area contributed by atoms with E-state index in [-0.39, 0.29) is 11.4 Å². The molecule has 4 rings (SSSR count). The number of amides is 1. The smallest absolute Gasteiger partial charge is 0.283 e. The van der Waals surface area contributed by atoms with Crippen LogP contribution in [0.25, 0.3) is 6.08 Å². The molecule has 0 saturated carbocycles. The molecule has 2 aliphatic heterocycles. The lowest BCUT2D eigenvalue weighted by atomic mass is 10.1. The summed E-state index contributed by atoms with van der Waals surface area (Å²) in [6.07, 6.45) is 3.31. The summed E-state index contributed by atoms with van der Waals surface area (Å²) in [7, 11) is 0. The maximum atomic E-state index is 12.6. The summed E-state index contributed by atoms with van der Waals surface area (Å²) < 4.78 is 17.6. The van der Waals surface area contributed by atoms with Gasteiger partial charge in [0.05, 0.1) is 12.2 Å². The molecule has 0 unspecified atom stereocenters. The number of ether oxygens (including phenoxy) is 3. The number of hydrogen-bond donors (Lipinski definition) is 1. The quantitative estimate of drug-likeness (QED) is 0.340. The molecule has 2 aromatic rings. The van der Waals surface area contributed by atoms with Gasteiger partial charge in [0.15, 0.2) is 17.3 Å². The zero-order valence-corrected chi connectivity index (χ0v) is 21.8. The van der Waals surface area contributed by atoms with Crippen LogP contribution in [-0.4, -0.2) is 46.8 Å². The normalized spacial score (nSPS) is 16.1. The van der Waals surface area contributed by atoms with Gasteiger partial charge in [0, 0.05) is 0 Å². The van der Waals surface area contributed by atoms with Gasteiger partial charge in [-0.2, -0.15) is 15.1 Å². The van der Waals surface area contributed by atoms with E-state index in [1.165, 1.54) is 27.9 Å². The molecule has 1 amide bonds. The molecule has 188 valence electrons. The fourth-order valence-electron chi connectivity index (χ4n) is 3.77. The second kappa shape index (κ2) is 11.4. The van der Waals surface area contributed by atoms with E-state index >= 15 is 0 Å². The highest BCUT2D eigenvalue weighted by Crippen LogP contribution is 2.32. The molecule has 8 nitrogen and oxygen atoms in total. The zero-order chi connectivity index (χ0) is 25.7. The third-order valence-corrected chi connectivity index (χ3v) is 6.56. The highest BCUT2D eigenvalue weighted by Gasteiger charge is 2.35. The van der Waals surface area contributed by atoms with Crippen LogP contribution in [0.5, 0.6) is 17.2 Å². The van der Waals surface area contributed by atoms with Crippen molar-refractivity contribution in [1.29, 1.82) is 5.41 Å². The zero-order valence-electron chi connectivity index (χ0n) is 21.0. The number of carbonyl (C=O) groups is 1. The lowest BCUT2D eigenvalue weighted by Crippen LogP contribution is -2.35. The van der Waals surface area contributed by atoms with Gasteiger partial charge in [-0.05, 0) is 85.5 Å². The molecule has 2 aliphatic rings. The van der Waals surface area contributed by atoms with Gasteiger partial charge in [-0.15, -0.1) is 0 Å². The van der Waals surface area contributed by atoms with Crippen molar-refractivity contribution in [2.75, 3.05) is 19.8 Å². The number of amidine groups is 2. The summed E-state index contributed by atoms with van der Waals surface area (Å²) in [5, 5.41) is 15.5.